The van der Waals surface area contributed by atoms with Crippen LogP contribution in [0.5, 0.6) is 5.75 Å². The van der Waals surface area contributed by atoms with Crippen LogP contribution in [0.3, 0.4) is 0 Å². The smallest absolute Gasteiger partial charge is 0.136 e. The van der Waals surface area contributed by atoms with Gasteiger partial charge in [0.15, 0.2) is 0 Å². The predicted molar refractivity (Wildman–Crippen MR) is 71.7 cm³/mol. The molecule has 0 radical (unpaired) electrons. The van der Waals surface area contributed by atoms with Crippen LogP contribution >= 0.6 is 15.9 Å². The Hall–Kier alpha value is -0.610. The lowest BCUT2D eigenvalue weighted by Gasteiger charge is -2.22. The second-order valence-electron chi connectivity index (χ2n) is 4.90. The summed E-state index contributed by atoms with van der Waals surface area (Å²) in [6.07, 6.45) is 1.91. The largest absolute Gasteiger partial charge is 0.492 e. The minimum absolute atomic E-state index is 0.141. The molecule has 17 heavy (non-hydrogen) atoms. The summed E-state index contributed by atoms with van der Waals surface area (Å²) < 4.78 is 19.3. The molecule has 2 N–H and O–H groups in total. The molecule has 0 atom stereocenters. The van der Waals surface area contributed by atoms with Gasteiger partial charge in [-0.2, -0.15) is 0 Å². The zero-order chi connectivity index (χ0) is 12.9. The lowest BCUT2D eigenvalue weighted by Crippen LogP contribution is -2.23. The van der Waals surface area contributed by atoms with Gasteiger partial charge in [-0.3, -0.25) is 0 Å². The van der Waals surface area contributed by atoms with Gasteiger partial charge in [0, 0.05) is 6.07 Å². The van der Waals surface area contributed by atoms with E-state index in [4.69, 9.17) is 10.5 Å². The van der Waals surface area contributed by atoms with Crippen molar-refractivity contribution in [3.05, 3.63) is 28.5 Å². The van der Waals surface area contributed by atoms with E-state index >= 15 is 0 Å². The van der Waals surface area contributed by atoms with Gasteiger partial charge in [-0.1, -0.05) is 13.8 Å². The first-order chi connectivity index (χ1) is 7.94. The molecule has 0 heterocycles. The number of benzene rings is 1. The molecule has 0 amide bonds. The van der Waals surface area contributed by atoms with Crippen molar-refractivity contribution in [3.8, 4) is 5.75 Å². The van der Waals surface area contributed by atoms with Crippen LogP contribution in [0.2, 0.25) is 0 Å². The SMILES string of the molecule is CC(C)(CN)CCCOc1cc(F)ccc1Br. The van der Waals surface area contributed by atoms with Crippen molar-refractivity contribution in [2.24, 2.45) is 11.1 Å². The van der Waals surface area contributed by atoms with E-state index in [1.54, 1.807) is 6.07 Å². The van der Waals surface area contributed by atoms with E-state index in [1.807, 2.05) is 0 Å². The van der Waals surface area contributed by atoms with Crippen molar-refractivity contribution in [1.29, 1.82) is 0 Å². The predicted octanol–water partition coefficient (Wildman–Crippen LogP) is 3.73. The number of hydrogen-bond donors (Lipinski definition) is 1. The molecule has 0 bridgehead atoms. The highest BCUT2D eigenvalue weighted by Crippen LogP contribution is 2.26. The molecule has 0 aliphatic heterocycles. The fourth-order valence-corrected chi connectivity index (χ4v) is 1.78. The van der Waals surface area contributed by atoms with Crippen molar-refractivity contribution in [3.63, 3.8) is 0 Å². The third-order valence-corrected chi connectivity index (χ3v) is 3.36. The number of rotatable bonds is 6. The van der Waals surface area contributed by atoms with Gasteiger partial charge in [-0.15, -0.1) is 0 Å². The molecule has 0 aliphatic rings. The zero-order valence-electron chi connectivity index (χ0n) is 10.3. The molecule has 0 aliphatic carbocycles. The first-order valence-corrected chi connectivity index (χ1v) is 6.52. The van der Waals surface area contributed by atoms with Crippen LogP contribution in [0.15, 0.2) is 22.7 Å². The standard InChI is InChI=1S/C13H19BrFNO/c1-13(2,9-16)6-3-7-17-12-8-10(15)4-5-11(12)14/h4-5,8H,3,6-7,9,16H2,1-2H3. The molecular formula is C13H19BrFNO. The zero-order valence-corrected chi connectivity index (χ0v) is 11.9. The van der Waals surface area contributed by atoms with Crippen LogP contribution in [0.25, 0.3) is 0 Å². The second-order valence-corrected chi connectivity index (χ2v) is 5.75. The van der Waals surface area contributed by atoms with Gasteiger partial charge < -0.3 is 10.5 Å². The Morgan fingerprint density at radius 2 is 2.12 bits per heavy atom. The summed E-state index contributed by atoms with van der Waals surface area (Å²) in [6.45, 7) is 5.50. The Balaban J connectivity index is 2.38. The normalized spacial score (nSPS) is 11.6. The van der Waals surface area contributed by atoms with E-state index in [0.717, 1.165) is 17.3 Å². The van der Waals surface area contributed by atoms with Crippen molar-refractivity contribution < 1.29 is 9.13 Å². The molecule has 0 saturated heterocycles. The Morgan fingerprint density at radius 3 is 2.76 bits per heavy atom. The summed E-state index contributed by atoms with van der Waals surface area (Å²) in [4.78, 5) is 0. The number of halogens is 2. The first-order valence-electron chi connectivity index (χ1n) is 5.72. The lowest BCUT2D eigenvalue weighted by molar-refractivity contribution is 0.259. The Kier molecular flexibility index (Phi) is 5.40. The molecule has 0 unspecified atom stereocenters. The molecular weight excluding hydrogens is 285 g/mol. The lowest BCUT2D eigenvalue weighted by atomic mass is 9.88. The number of hydrogen-bond acceptors (Lipinski definition) is 2. The minimum Gasteiger partial charge on any atom is -0.492 e. The fourth-order valence-electron chi connectivity index (χ4n) is 1.42. The molecule has 0 spiro atoms. The van der Waals surface area contributed by atoms with Gasteiger partial charge >= 0.3 is 0 Å². The van der Waals surface area contributed by atoms with Crippen LogP contribution < -0.4 is 10.5 Å². The molecule has 96 valence electrons. The third-order valence-electron chi connectivity index (χ3n) is 2.70. The van der Waals surface area contributed by atoms with Crippen LogP contribution in [0, 0.1) is 11.2 Å². The molecule has 1 aromatic rings. The van der Waals surface area contributed by atoms with Crippen molar-refractivity contribution in [1.82, 2.24) is 0 Å². The van der Waals surface area contributed by atoms with E-state index in [2.05, 4.69) is 29.8 Å². The minimum atomic E-state index is -0.287. The first kappa shape index (κ1) is 14.5. The van der Waals surface area contributed by atoms with Gasteiger partial charge in [0.1, 0.15) is 11.6 Å². The van der Waals surface area contributed by atoms with E-state index in [-0.39, 0.29) is 11.2 Å². The highest BCUT2D eigenvalue weighted by molar-refractivity contribution is 9.10. The topological polar surface area (TPSA) is 35.2 Å². The molecule has 0 saturated carbocycles. The van der Waals surface area contributed by atoms with Crippen molar-refractivity contribution in [2.45, 2.75) is 26.7 Å². The maximum atomic E-state index is 13.0. The second kappa shape index (κ2) is 6.36. The fraction of sp³-hybridized carbons (Fsp3) is 0.538. The van der Waals surface area contributed by atoms with Gasteiger partial charge in [0.2, 0.25) is 0 Å². The highest BCUT2D eigenvalue weighted by atomic mass is 79.9. The number of nitrogens with two attached hydrogens (primary N) is 1. The van der Waals surface area contributed by atoms with Gasteiger partial charge in [0.25, 0.3) is 0 Å². The van der Waals surface area contributed by atoms with Gasteiger partial charge in [0.05, 0.1) is 11.1 Å². The van der Waals surface area contributed by atoms with E-state index in [1.165, 1.54) is 12.1 Å². The average molecular weight is 304 g/mol. The van der Waals surface area contributed by atoms with Crippen LogP contribution in [0.1, 0.15) is 26.7 Å². The van der Waals surface area contributed by atoms with Gasteiger partial charge in [-0.25, -0.2) is 4.39 Å². The quantitative estimate of drug-likeness (QED) is 0.813. The van der Waals surface area contributed by atoms with E-state index in [9.17, 15) is 4.39 Å². The monoisotopic (exact) mass is 303 g/mol. The maximum Gasteiger partial charge on any atom is 0.136 e. The third kappa shape index (κ3) is 5.04. The van der Waals surface area contributed by atoms with Crippen molar-refractivity contribution in [2.75, 3.05) is 13.2 Å². The molecule has 1 aromatic carbocycles. The molecule has 2 nitrogen and oxygen atoms in total. The summed E-state index contributed by atoms with van der Waals surface area (Å²) in [5.41, 5.74) is 5.79. The van der Waals surface area contributed by atoms with Crippen LogP contribution in [0.4, 0.5) is 4.39 Å². The Morgan fingerprint density at radius 1 is 1.41 bits per heavy atom. The summed E-state index contributed by atoms with van der Waals surface area (Å²) in [5.74, 6) is 0.265. The summed E-state index contributed by atoms with van der Waals surface area (Å²) in [7, 11) is 0. The van der Waals surface area contributed by atoms with Gasteiger partial charge in [-0.05, 0) is 52.9 Å². The molecule has 1 rings (SSSR count). The molecule has 0 fully saturated rings. The average Bonchev–Trinajstić information content (AvgIpc) is 2.29. The summed E-state index contributed by atoms with van der Waals surface area (Å²) >= 11 is 3.32. The van der Waals surface area contributed by atoms with Crippen LogP contribution in [-0.2, 0) is 0 Å². The summed E-state index contributed by atoms with van der Waals surface area (Å²) in [5, 5.41) is 0. The number of ether oxygens (including phenoxy) is 1. The molecule has 4 heteroatoms. The van der Waals surface area contributed by atoms with E-state index in [0.29, 0.717) is 18.9 Å². The Bertz CT molecular complexity index is 368. The maximum absolute atomic E-state index is 13.0. The van der Waals surface area contributed by atoms with Crippen LogP contribution in [-0.4, -0.2) is 13.2 Å². The molecule has 0 aromatic heterocycles. The van der Waals surface area contributed by atoms with E-state index < -0.39 is 0 Å². The Labute approximate surface area is 110 Å². The highest BCUT2D eigenvalue weighted by Gasteiger charge is 2.14. The van der Waals surface area contributed by atoms with Crippen molar-refractivity contribution >= 4 is 15.9 Å². The summed E-state index contributed by atoms with van der Waals surface area (Å²) in [6, 6.07) is 4.43.